The number of aliphatic hydroxyl groups excluding tert-OH is 1. The number of aliphatic hydroxyl groups is 1. The summed E-state index contributed by atoms with van der Waals surface area (Å²) >= 11 is 0. The molecule has 1 heterocycles. The quantitative estimate of drug-likeness (QED) is 0.889. The predicted octanol–water partition coefficient (Wildman–Crippen LogP) is 2.19. The molecule has 0 spiro atoms. The lowest BCUT2D eigenvalue weighted by atomic mass is 9.87. The highest BCUT2D eigenvalue weighted by atomic mass is 16.3. The van der Waals surface area contributed by atoms with Crippen molar-refractivity contribution in [3.05, 3.63) is 35.9 Å². The highest BCUT2D eigenvalue weighted by Gasteiger charge is 2.37. The molecule has 3 nitrogen and oxygen atoms in total. The van der Waals surface area contributed by atoms with Crippen molar-refractivity contribution in [2.24, 2.45) is 5.92 Å². The van der Waals surface area contributed by atoms with Crippen LogP contribution in [-0.2, 0) is 11.3 Å². The van der Waals surface area contributed by atoms with Crippen LogP contribution in [0.2, 0.25) is 0 Å². The first-order valence-electron chi connectivity index (χ1n) is 6.66. The second-order valence-electron chi connectivity index (χ2n) is 5.12. The number of likely N-dealkylation sites (tertiary alicyclic amines) is 1. The molecule has 0 saturated carbocycles. The van der Waals surface area contributed by atoms with Crippen molar-refractivity contribution in [1.29, 1.82) is 0 Å². The van der Waals surface area contributed by atoms with E-state index >= 15 is 0 Å². The van der Waals surface area contributed by atoms with E-state index in [0.29, 0.717) is 19.4 Å². The molecule has 1 aliphatic rings. The Morgan fingerprint density at radius 2 is 2.00 bits per heavy atom. The maximum Gasteiger partial charge on any atom is 0.228 e. The Labute approximate surface area is 108 Å². The lowest BCUT2D eigenvalue weighted by molar-refractivity contribution is -0.149. The van der Waals surface area contributed by atoms with Crippen molar-refractivity contribution in [3.63, 3.8) is 0 Å². The van der Waals surface area contributed by atoms with Crippen LogP contribution in [0.25, 0.3) is 0 Å². The SMILES string of the molecule is CC[C@@H]1C(=O)N(Cc2ccccc2)[C@H](C)CC1O. The van der Waals surface area contributed by atoms with Crippen LogP contribution in [0.1, 0.15) is 32.3 Å². The highest BCUT2D eigenvalue weighted by molar-refractivity contribution is 5.80. The molecule has 3 atom stereocenters. The second kappa shape index (κ2) is 5.53. The van der Waals surface area contributed by atoms with E-state index in [1.807, 2.05) is 49.1 Å². The second-order valence-corrected chi connectivity index (χ2v) is 5.12. The molecule has 1 aromatic carbocycles. The summed E-state index contributed by atoms with van der Waals surface area (Å²) < 4.78 is 0. The molecule has 18 heavy (non-hydrogen) atoms. The van der Waals surface area contributed by atoms with E-state index in [1.54, 1.807) is 0 Å². The summed E-state index contributed by atoms with van der Waals surface area (Å²) in [6.45, 7) is 4.61. The smallest absolute Gasteiger partial charge is 0.228 e. The van der Waals surface area contributed by atoms with Crippen LogP contribution in [0.4, 0.5) is 0 Å². The molecule has 1 unspecified atom stereocenters. The van der Waals surface area contributed by atoms with Gasteiger partial charge >= 0.3 is 0 Å². The van der Waals surface area contributed by atoms with Crippen molar-refractivity contribution in [2.45, 2.75) is 45.4 Å². The van der Waals surface area contributed by atoms with E-state index in [-0.39, 0.29) is 17.9 Å². The molecule has 1 saturated heterocycles. The molecule has 1 aromatic rings. The van der Waals surface area contributed by atoms with Crippen molar-refractivity contribution in [1.82, 2.24) is 4.90 Å². The van der Waals surface area contributed by atoms with Crippen LogP contribution in [0.3, 0.4) is 0 Å². The number of carbonyl (C=O) groups excluding carboxylic acids is 1. The van der Waals surface area contributed by atoms with E-state index in [0.717, 1.165) is 5.56 Å². The zero-order valence-electron chi connectivity index (χ0n) is 11.0. The Morgan fingerprint density at radius 3 is 2.61 bits per heavy atom. The van der Waals surface area contributed by atoms with Gasteiger partial charge in [0.05, 0.1) is 12.0 Å². The first-order chi connectivity index (χ1) is 8.63. The third-order valence-corrected chi connectivity index (χ3v) is 3.81. The van der Waals surface area contributed by atoms with Crippen LogP contribution in [0.5, 0.6) is 0 Å². The van der Waals surface area contributed by atoms with Gasteiger partial charge < -0.3 is 10.0 Å². The maximum atomic E-state index is 12.3. The predicted molar refractivity (Wildman–Crippen MR) is 70.9 cm³/mol. The first-order valence-corrected chi connectivity index (χ1v) is 6.66. The average molecular weight is 247 g/mol. The summed E-state index contributed by atoms with van der Waals surface area (Å²) in [5, 5.41) is 9.95. The standard InChI is InChI=1S/C15H21NO2/c1-3-13-14(17)9-11(2)16(15(13)18)10-12-7-5-4-6-8-12/h4-8,11,13-14,17H,3,9-10H2,1-2H3/t11-,13+,14?/m1/s1. The number of benzene rings is 1. The van der Waals surface area contributed by atoms with Gasteiger partial charge in [0.25, 0.3) is 0 Å². The summed E-state index contributed by atoms with van der Waals surface area (Å²) in [7, 11) is 0. The third-order valence-electron chi connectivity index (χ3n) is 3.81. The average Bonchev–Trinajstić information content (AvgIpc) is 2.36. The summed E-state index contributed by atoms with van der Waals surface area (Å²) in [6, 6.07) is 10.1. The number of hydrogen-bond acceptors (Lipinski definition) is 2. The normalized spacial score (nSPS) is 28.5. The molecule has 0 bridgehead atoms. The summed E-state index contributed by atoms with van der Waals surface area (Å²) in [4.78, 5) is 14.2. The Bertz CT molecular complexity index is 404. The maximum absolute atomic E-state index is 12.3. The molecule has 1 N–H and O–H groups in total. The van der Waals surface area contributed by atoms with Gasteiger partial charge in [0.1, 0.15) is 0 Å². The number of rotatable bonds is 3. The van der Waals surface area contributed by atoms with Crippen molar-refractivity contribution < 1.29 is 9.90 Å². The van der Waals surface area contributed by atoms with Crippen LogP contribution in [0, 0.1) is 5.92 Å². The number of carbonyl (C=O) groups is 1. The molecule has 1 amide bonds. The lowest BCUT2D eigenvalue weighted by Crippen LogP contribution is -2.51. The van der Waals surface area contributed by atoms with Gasteiger partial charge in [-0.15, -0.1) is 0 Å². The van der Waals surface area contributed by atoms with Crippen molar-refractivity contribution in [2.75, 3.05) is 0 Å². The zero-order valence-corrected chi connectivity index (χ0v) is 11.0. The van der Waals surface area contributed by atoms with Gasteiger partial charge in [0, 0.05) is 12.6 Å². The molecule has 0 aromatic heterocycles. The number of amides is 1. The van der Waals surface area contributed by atoms with Crippen LogP contribution < -0.4 is 0 Å². The first kappa shape index (κ1) is 13.1. The number of hydrogen-bond donors (Lipinski definition) is 1. The van der Waals surface area contributed by atoms with Crippen molar-refractivity contribution >= 4 is 5.91 Å². The van der Waals surface area contributed by atoms with Crippen LogP contribution in [0.15, 0.2) is 30.3 Å². The Balaban J connectivity index is 2.13. The van der Waals surface area contributed by atoms with Crippen LogP contribution >= 0.6 is 0 Å². The Morgan fingerprint density at radius 1 is 1.33 bits per heavy atom. The fourth-order valence-electron chi connectivity index (χ4n) is 2.70. The minimum Gasteiger partial charge on any atom is -0.392 e. The molecule has 0 radical (unpaired) electrons. The number of piperidine rings is 1. The van der Waals surface area contributed by atoms with Gasteiger partial charge in [0.2, 0.25) is 5.91 Å². The lowest BCUT2D eigenvalue weighted by Gasteiger charge is -2.40. The van der Waals surface area contributed by atoms with E-state index in [4.69, 9.17) is 0 Å². The van der Waals surface area contributed by atoms with Gasteiger partial charge in [-0.3, -0.25) is 4.79 Å². The van der Waals surface area contributed by atoms with Crippen molar-refractivity contribution in [3.8, 4) is 0 Å². The van der Waals surface area contributed by atoms with Gasteiger partial charge in [-0.25, -0.2) is 0 Å². The highest BCUT2D eigenvalue weighted by Crippen LogP contribution is 2.27. The Kier molecular flexibility index (Phi) is 4.02. The van der Waals surface area contributed by atoms with E-state index in [1.165, 1.54) is 0 Å². The molecule has 0 aliphatic carbocycles. The van der Waals surface area contributed by atoms with Gasteiger partial charge in [0.15, 0.2) is 0 Å². The monoisotopic (exact) mass is 247 g/mol. The molecule has 3 heteroatoms. The molecule has 98 valence electrons. The minimum atomic E-state index is -0.482. The summed E-state index contributed by atoms with van der Waals surface area (Å²) in [6.07, 6.45) is 0.902. The molecular formula is C15H21NO2. The van der Waals surface area contributed by atoms with Gasteiger partial charge in [-0.05, 0) is 25.3 Å². The molecule has 2 rings (SSSR count). The van der Waals surface area contributed by atoms with Gasteiger partial charge in [-0.1, -0.05) is 37.3 Å². The topological polar surface area (TPSA) is 40.5 Å². The molecule has 1 aliphatic heterocycles. The molecular weight excluding hydrogens is 226 g/mol. The Hall–Kier alpha value is -1.35. The van der Waals surface area contributed by atoms with Gasteiger partial charge in [-0.2, -0.15) is 0 Å². The largest absolute Gasteiger partial charge is 0.392 e. The number of nitrogens with zero attached hydrogens (tertiary/aromatic N) is 1. The molecule has 1 fully saturated rings. The summed E-state index contributed by atoms with van der Waals surface area (Å²) in [5.74, 6) is -0.141. The fraction of sp³-hybridized carbons (Fsp3) is 0.533. The fourth-order valence-corrected chi connectivity index (χ4v) is 2.70. The van der Waals surface area contributed by atoms with E-state index < -0.39 is 6.10 Å². The van der Waals surface area contributed by atoms with E-state index in [2.05, 4.69) is 0 Å². The van der Waals surface area contributed by atoms with E-state index in [9.17, 15) is 9.90 Å². The van der Waals surface area contributed by atoms with Crippen LogP contribution in [-0.4, -0.2) is 28.1 Å². The third kappa shape index (κ3) is 2.56. The summed E-state index contributed by atoms with van der Waals surface area (Å²) in [5.41, 5.74) is 1.14. The zero-order chi connectivity index (χ0) is 13.1. The minimum absolute atomic E-state index is 0.0904.